The van der Waals surface area contributed by atoms with Gasteiger partial charge in [0.1, 0.15) is 0 Å². The lowest BCUT2D eigenvalue weighted by Gasteiger charge is -2.42. The van der Waals surface area contributed by atoms with Crippen LogP contribution < -0.4 is 5.32 Å². The summed E-state index contributed by atoms with van der Waals surface area (Å²) in [5.74, 6) is 0.331. The molecule has 1 aromatic heterocycles. The molecule has 144 valence electrons. The zero-order valence-electron chi connectivity index (χ0n) is 15.9. The molecule has 0 aliphatic carbocycles. The summed E-state index contributed by atoms with van der Waals surface area (Å²) in [5.41, 5.74) is 1.34. The highest BCUT2D eigenvalue weighted by Gasteiger charge is 2.31. The predicted octanol–water partition coefficient (Wildman–Crippen LogP) is 1.52. The first-order valence-corrected chi connectivity index (χ1v) is 9.88. The fourth-order valence-corrected chi connectivity index (χ4v) is 4.16. The number of hydrogen-bond donors (Lipinski definition) is 1. The van der Waals surface area contributed by atoms with E-state index in [4.69, 9.17) is 4.74 Å². The first-order chi connectivity index (χ1) is 12.8. The molecule has 1 aromatic rings. The van der Waals surface area contributed by atoms with Crippen molar-refractivity contribution >= 4 is 5.91 Å². The summed E-state index contributed by atoms with van der Waals surface area (Å²) in [6, 6.07) is 4.82. The number of pyridine rings is 1. The molecule has 2 aliphatic heterocycles. The Morgan fingerprint density at radius 1 is 1.23 bits per heavy atom. The normalized spacial score (nSPS) is 23.0. The third kappa shape index (κ3) is 5.50. The van der Waals surface area contributed by atoms with E-state index in [9.17, 15) is 4.79 Å². The van der Waals surface area contributed by atoms with Crippen molar-refractivity contribution in [1.82, 2.24) is 20.1 Å². The molecular weight excluding hydrogens is 328 g/mol. The van der Waals surface area contributed by atoms with E-state index in [0.29, 0.717) is 19.2 Å². The molecule has 1 amide bonds. The third-order valence-corrected chi connectivity index (χ3v) is 5.66. The number of amides is 1. The highest BCUT2D eigenvalue weighted by atomic mass is 16.5. The summed E-state index contributed by atoms with van der Waals surface area (Å²) in [6.07, 6.45) is 8.27. The molecule has 3 heterocycles. The second-order valence-electron chi connectivity index (χ2n) is 7.48. The summed E-state index contributed by atoms with van der Waals surface area (Å²) in [4.78, 5) is 21.5. The zero-order chi connectivity index (χ0) is 18.2. The van der Waals surface area contributed by atoms with Crippen LogP contribution in [0.4, 0.5) is 0 Å². The largest absolute Gasteiger partial charge is 0.383 e. The number of hydrogen-bond acceptors (Lipinski definition) is 5. The van der Waals surface area contributed by atoms with Crippen molar-refractivity contribution in [3.05, 3.63) is 30.1 Å². The van der Waals surface area contributed by atoms with Gasteiger partial charge in [-0.3, -0.25) is 19.6 Å². The topological polar surface area (TPSA) is 57.7 Å². The fraction of sp³-hybridized carbons (Fsp3) is 0.700. The summed E-state index contributed by atoms with van der Waals surface area (Å²) in [7, 11) is 1.66. The summed E-state index contributed by atoms with van der Waals surface area (Å²) in [5, 5.41) is 3.01. The van der Waals surface area contributed by atoms with Gasteiger partial charge in [0.25, 0.3) is 0 Å². The maximum absolute atomic E-state index is 12.3. The molecule has 26 heavy (non-hydrogen) atoms. The van der Waals surface area contributed by atoms with Gasteiger partial charge in [0.05, 0.1) is 12.5 Å². The molecule has 0 bridgehead atoms. The van der Waals surface area contributed by atoms with Gasteiger partial charge in [0.15, 0.2) is 0 Å². The quantitative estimate of drug-likeness (QED) is 0.747. The van der Waals surface area contributed by atoms with Gasteiger partial charge in [-0.1, -0.05) is 0 Å². The van der Waals surface area contributed by atoms with E-state index in [1.807, 2.05) is 12.4 Å². The average Bonchev–Trinajstić information content (AvgIpc) is 2.69. The predicted molar refractivity (Wildman–Crippen MR) is 102 cm³/mol. The lowest BCUT2D eigenvalue weighted by atomic mass is 9.93. The number of rotatable bonds is 7. The maximum Gasteiger partial charge on any atom is 0.224 e. The Hall–Kier alpha value is -1.50. The molecule has 2 saturated heterocycles. The van der Waals surface area contributed by atoms with Crippen LogP contribution in [0.5, 0.6) is 0 Å². The Kier molecular flexibility index (Phi) is 7.41. The van der Waals surface area contributed by atoms with Gasteiger partial charge in [-0.15, -0.1) is 0 Å². The number of methoxy groups -OCH3 is 1. The second kappa shape index (κ2) is 10.00. The fourth-order valence-electron chi connectivity index (χ4n) is 4.16. The van der Waals surface area contributed by atoms with Gasteiger partial charge < -0.3 is 10.1 Å². The van der Waals surface area contributed by atoms with Crippen LogP contribution in [0.2, 0.25) is 0 Å². The highest BCUT2D eigenvalue weighted by molar-refractivity contribution is 5.78. The van der Waals surface area contributed by atoms with E-state index in [-0.39, 0.29) is 11.8 Å². The van der Waals surface area contributed by atoms with Crippen LogP contribution in [-0.2, 0) is 16.1 Å². The number of aromatic nitrogens is 1. The van der Waals surface area contributed by atoms with Crippen molar-refractivity contribution in [3.8, 4) is 0 Å². The van der Waals surface area contributed by atoms with Crippen molar-refractivity contribution in [2.75, 3.05) is 46.4 Å². The maximum atomic E-state index is 12.3. The molecule has 6 heteroatoms. The number of likely N-dealkylation sites (tertiary alicyclic amines) is 2. The zero-order valence-corrected chi connectivity index (χ0v) is 15.9. The van der Waals surface area contributed by atoms with Crippen molar-refractivity contribution in [2.45, 2.75) is 38.3 Å². The van der Waals surface area contributed by atoms with Gasteiger partial charge in [-0.25, -0.2) is 0 Å². The lowest BCUT2D eigenvalue weighted by molar-refractivity contribution is -0.127. The van der Waals surface area contributed by atoms with Crippen LogP contribution in [0, 0.1) is 5.92 Å². The molecule has 1 N–H and O–H groups in total. The van der Waals surface area contributed by atoms with Gasteiger partial charge in [0, 0.05) is 45.2 Å². The third-order valence-electron chi connectivity index (χ3n) is 5.66. The van der Waals surface area contributed by atoms with E-state index in [0.717, 1.165) is 45.6 Å². The van der Waals surface area contributed by atoms with Crippen LogP contribution in [0.25, 0.3) is 0 Å². The van der Waals surface area contributed by atoms with Gasteiger partial charge in [-0.05, 0) is 63.0 Å². The van der Waals surface area contributed by atoms with E-state index in [1.165, 1.54) is 18.4 Å². The van der Waals surface area contributed by atoms with E-state index >= 15 is 0 Å². The SMILES string of the molecule is COCCNC(=O)[C@H]1CCCN(C2CCN(Cc3ccncc3)CC2)C1. The van der Waals surface area contributed by atoms with Crippen LogP contribution in [0.3, 0.4) is 0 Å². The van der Waals surface area contributed by atoms with Crippen LogP contribution in [0.15, 0.2) is 24.5 Å². The number of nitrogens with one attached hydrogen (secondary N) is 1. The Morgan fingerprint density at radius 2 is 2.00 bits per heavy atom. The first-order valence-electron chi connectivity index (χ1n) is 9.88. The van der Waals surface area contributed by atoms with Crippen LogP contribution in [-0.4, -0.2) is 73.2 Å². The molecule has 3 rings (SSSR count). The number of piperidine rings is 2. The van der Waals surface area contributed by atoms with Crippen molar-refractivity contribution in [1.29, 1.82) is 0 Å². The molecule has 6 nitrogen and oxygen atoms in total. The van der Waals surface area contributed by atoms with Gasteiger partial charge in [-0.2, -0.15) is 0 Å². The molecular formula is C20H32N4O2. The molecule has 2 fully saturated rings. The van der Waals surface area contributed by atoms with E-state index in [2.05, 4.69) is 32.2 Å². The number of nitrogens with zero attached hydrogens (tertiary/aromatic N) is 3. The van der Waals surface area contributed by atoms with Gasteiger partial charge in [0.2, 0.25) is 5.91 Å². The Morgan fingerprint density at radius 3 is 2.73 bits per heavy atom. The van der Waals surface area contributed by atoms with Crippen LogP contribution in [0.1, 0.15) is 31.2 Å². The molecule has 1 atom stereocenters. The monoisotopic (exact) mass is 360 g/mol. The molecule has 0 aromatic carbocycles. The minimum atomic E-state index is 0.135. The summed E-state index contributed by atoms with van der Waals surface area (Å²) in [6.45, 7) is 6.52. The molecule has 0 spiro atoms. The summed E-state index contributed by atoms with van der Waals surface area (Å²) < 4.78 is 5.02. The minimum absolute atomic E-state index is 0.135. The number of carbonyl (C=O) groups excluding carboxylic acids is 1. The molecule has 2 aliphatic rings. The smallest absolute Gasteiger partial charge is 0.224 e. The Balaban J connectivity index is 1.43. The summed E-state index contributed by atoms with van der Waals surface area (Å²) >= 11 is 0. The van der Waals surface area contributed by atoms with Gasteiger partial charge >= 0.3 is 0 Å². The van der Waals surface area contributed by atoms with Crippen molar-refractivity contribution in [2.24, 2.45) is 5.92 Å². The van der Waals surface area contributed by atoms with Crippen molar-refractivity contribution < 1.29 is 9.53 Å². The average molecular weight is 361 g/mol. The number of carbonyl (C=O) groups is 1. The van der Waals surface area contributed by atoms with Crippen LogP contribution >= 0.6 is 0 Å². The lowest BCUT2D eigenvalue weighted by Crippen LogP contribution is -2.50. The standard InChI is InChI=1S/C20H32N4O2/c1-26-14-10-22-20(25)18-3-2-11-24(16-18)19-6-12-23(13-7-19)15-17-4-8-21-9-5-17/h4-5,8-9,18-19H,2-3,6-7,10-16H2,1H3,(H,22,25)/t18-/m0/s1. The Bertz CT molecular complexity index is 546. The minimum Gasteiger partial charge on any atom is -0.383 e. The van der Waals surface area contributed by atoms with E-state index in [1.54, 1.807) is 7.11 Å². The molecule has 0 radical (unpaired) electrons. The molecule has 0 saturated carbocycles. The molecule has 0 unspecified atom stereocenters. The highest BCUT2D eigenvalue weighted by Crippen LogP contribution is 2.24. The van der Waals surface area contributed by atoms with Crippen molar-refractivity contribution in [3.63, 3.8) is 0 Å². The van der Waals surface area contributed by atoms with E-state index < -0.39 is 0 Å². The second-order valence-corrected chi connectivity index (χ2v) is 7.48. The Labute approximate surface area is 156 Å². The number of ether oxygens (including phenoxy) is 1. The first kappa shape index (κ1) is 19.3.